The zero-order valence-corrected chi connectivity index (χ0v) is 20.2. The number of para-hydroxylation sites is 1. The molecule has 0 spiro atoms. The fourth-order valence-electron chi connectivity index (χ4n) is 3.89. The molecule has 0 radical (unpaired) electrons. The van der Waals surface area contributed by atoms with E-state index in [0.717, 1.165) is 30.6 Å². The number of urea groups is 1. The Morgan fingerprint density at radius 2 is 2.03 bits per heavy atom. The third-order valence-corrected chi connectivity index (χ3v) is 6.93. The summed E-state index contributed by atoms with van der Waals surface area (Å²) in [6.45, 7) is 8.54. The molecule has 1 aromatic carbocycles. The zero-order chi connectivity index (χ0) is 22.9. The van der Waals surface area contributed by atoms with Crippen molar-refractivity contribution in [2.75, 3.05) is 32.8 Å². The van der Waals surface area contributed by atoms with Crippen LogP contribution >= 0.6 is 11.3 Å². The molecule has 174 valence electrons. The standard InChI is InChI=1S/C25H35N3O3S/c1-4-13-26-25(30)27(16-19(3)5-2)17-24(29)28-14-11-23-21(12-15-32-23)22(28)18-31-20-9-7-6-8-10-20/h6-10,12,15,19,22H,4-5,11,13-14,16-18H2,1-3H3,(H,26,30)/t19-,22-/m0/s1. The summed E-state index contributed by atoms with van der Waals surface area (Å²) < 4.78 is 6.06. The predicted octanol–water partition coefficient (Wildman–Crippen LogP) is 4.72. The lowest BCUT2D eigenvalue weighted by atomic mass is 10.00. The van der Waals surface area contributed by atoms with Crippen molar-refractivity contribution in [1.29, 1.82) is 0 Å². The number of hydrogen-bond acceptors (Lipinski definition) is 4. The van der Waals surface area contributed by atoms with Gasteiger partial charge in [0.1, 0.15) is 18.9 Å². The van der Waals surface area contributed by atoms with Crippen molar-refractivity contribution in [1.82, 2.24) is 15.1 Å². The Bertz CT molecular complexity index is 870. The monoisotopic (exact) mass is 457 g/mol. The molecule has 0 unspecified atom stereocenters. The molecule has 7 heteroatoms. The number of carbonyl (C=O) groups excluding carboxylic acids is 2. The van der Waals surface area contributed by atoms with Gasteiger partial charge in [0, 0.05) is 24.5 Å². The van der Waals surface area contributed by atoms with Gasteiger partial charge >= 0.3 is 6.03 Å². The fourth-order valence-corrected chi connectivity index (χ4v) is 4.82. The molecule has 1 aliphatic rings. The maximum atomic E-state index is 13.5. The van der Waals surface area contributed by atoms with E-state index in [0.29, 0.717) is 32.2 Å². The predicted molar refractivity (Wildman–Crippen MR) is 129 cm³/mol. The first-order valence-electron chi connectivity index (χ1n) is 11.6. The molecule has 6 nitrogen and oxygen atoms in total. The second-order valence-electron chi connectivity index (χ2n) is 8.40. The molecule has 1 N–H and O–H groups in total. The summed E-state index contributed by atoms with van der Waals surface area (Å²) in [6, 6.07) is 11.5. The third kappa shape index (κ3) is 6.25. The van der Waals surface area contributed by atoms with E-state index in [4.69, 9.17) is 4.74 Å². The average Bonchev–Trinajstić information content (AvgIpc) is 3.30. The Balaban J connectivity index is 1.74. The van der Waals surface area contributed by atoms with E-state index in [1.807, 2.05) is 42.2 Å². The number of nitrogens with zero attached hydrogens (tertiary/aromatic N) is 2. The summed E-state index contributed by atoms with van der Waals surface area (Å²) in [5, 5.41) is 5.02. The SMILES string of the molecule is CCCNC(=O)N(CC(=O)N1CCc2sccc2[C@@H]1COc1ccccc1)C[C@@H](C)CC. The van der Waals surface area contributed by atoms with E-state index in [1.54, 1.807) is 16.2 Å². The van der Waals surface area contributed by atoms with Crippen molar-refractivity contribution >= 4 is 23.3 Å². The van der Waals surface area contributed by atoms with Crippen LogP contribution in [0.2, 0.25) is 0 Å². The highest BCUT2D eigenvalue weighted by molar-refractivity contribution is 7.10. The molecule has 3 amide bonds. The minimum absolute atomic E-state index is 0.0292. The summed E-state index contributed by atoms with van der Waals surface area (Å²) in [5.74, 6) is 1.09. The topological polar surface area (TPSA) is 61.9 Å². The summed E-state index contributed by atoms with van der Waals surface area (Å²) >= 11 is 1.74. The van der Waals surface area contributed by atoms with Crippen molar-refractivity contribution in [2.24, 2.45) is 5.92 Å². The molecule has 2 heterocycles. The number of benzene rings is 1. The van der Waals surface area contributed by atoms with Crippen molar-refractivity contribution in [3.8, 4) is 5.75 Å². The molecule has 0 fully saturated rings. The van der Waals surface area contributed by atoms with Gasteiger partial charge in [-0.25, -0.2) is 4.79 Å². The number of ether oxygens (including phenoxy) is 1. The maximum Gasteiger partial charge on any atom is 0.317 e. The highest BCUT2D eigenvalue weighted by Gasteiger charge is 2.33. The first-order chi connectivity index (χ1) is 15.5. The molecule has 1 aromatic heterocycles. The van der Waals surface area contributed by atoms with Gasteiger partial charge in [-0.1, -0.05) is 45.4 Å². The maximum absolute atomic E-state index is 13.5. The largest absolute Gasteiger partial charge is 0.491 e. The van der Waals surface area contributed by atoms with Gasteiger partial charge in [-0.05, 0) is 47.9 Å². The van der Waals surface area contributed by atoms with Crippen LogP contribution in [0, 0.1) is 5.92 Å². The quantitative estimate of drug-likeness (QED) is 0.562. The number of rotatable bonds is 10. The number of carbonyl (C=O) groups is 2. The van der Waals surface area contributed by atoms with Crippen molar-refractivity contribution in [3.05, 3.63) is 52.2 Å². The van der Waals surface area contributed by atoms with Gasteiger partial charge in [-0.2, -0.15) is 0 Å². The number of hydrogen-bond donors (Lipinski definition) is 1. The molecule has 0 aliphatic carbocycles. The first kappa shape index (κ1) is 24.1. The molecule has 0 bridgehead atoms. The molecular formula is C25H35N3O3S. The van der Waals surface area contributed by atoms with Gasteiger partial charge in [0.15, 0.2) is 0 Å². The summed E-state index contributed by atoms with van der Waals surface area (Å²) in [5.41, 5.74) is 1.16. The lowest BCUT2D eigenvalue weighted by molar-refractivity contribution is -0.135. The Morgan fingerprint density at radius 1 is 1.25 bits per heavy atom. The molecular weight excluding hydrogens is 422 g/mol. The van der Waals surface area contributed by atoms with Crippen LogP contribution in [0.5, 0.6) is 5.75 Å². The zero-order valence-electron chi connectivity index (χ0n) is 19.4. The second-order valence-corrected chi connectivity index (χ2v) is 9.40. The average molecular weight is 458 g/mol. The smallest absolute Gasteiger partial charge is 0.317 e. The van der Waals surface area contributed by atoms with E-state index in [-0.39, 0.29) is 24.5 Å². The van der Waals surface area contributed by atoms with E-state index < -0.39 is 0 Å². The number of fused-ring (bicyclic) bond motifs is 1. The molecule has 3 rings (SSSR count). The minimum Gasteiger partial charge on any atom is -0.491 e. The Kier molecular flexibility index (Phi) is 8.97. The van der Waals surface area contributed by atoms with Crippen LogP contribution in [0.15, 0.2) is 41.8 Å². The highest BCUT2D eigenvalue weighted by atomic mass is 32.1. The number of amides is 3. The molecule has 1 aliphatic heterocycles. The molecule has 2 aromatic rings. The Labute approximate surface area is 195 Å². The highest BCUT2D eigenvalue weighted by Crippen LogP contribution is 2.34. The van der Waals surface area contributed by atoms with Crippen LogP contribution in [0.4, 0.5) is 4.79 Å². The van der Waals surface area contributed by atoms with Crippen LogP contribution in [0.1, 0.15) is 50.1 Å². The van der Waals surface area contributed by atoms with Gasteiger partial charge in [-0.3, -0.25) is 4.79 Å². The minimum atomic E-state index is -0.161. The Morgan fingerprint density at radius 3 is 2.75 bits per heavy atom. The second kappa shape index (κ2) is 11.9. The van der Waals surface area contributed by atoms with Crippen LogP contribution in [0.3, 0.4) is 0 Å². The van der Waals surface area contributed by atoms with Crippen LogP contribution in [-0.4, -0.2) is 54.5 Å². The van der Waals surface area contributed by atoms with Gasteiger partial charge in [0.2, 0.25) is 5.91 Å². The fraction of sp³-hybridized carbons (Fsp3) is 0.520. The van der Waals surface area contributed by atoms with Gasteiger partial charge in [0.25, 0.3) is 0 Å². The van der Waals surface area contributed by atoms with Gasteiger partial charge < -0.3 is 19.9 Å². The van der Waals surface area contributed by atoms with Crippen LogP contribution in [-0.2, 0) is 11.2 Å². The summed E-state index contributed by atoms with van der Waals surface area (Å²) in [6.07, 6.45) is 2.66. The molecule has 0 saturated heterocycles. The van der Waals surface area contributed by atoms with Gasteiger partial charge in [0.05, 0.1) is 6.04 Å². The van der Waals surface area contributed by atoms with E-state index in [2.05, 4.69) is 30.6 Å². The lowest BCUT2D eigenvalue weighted by Gasteiger charge is -2.37. The number of nitrogens with one attached hydrogen (secondary N) is 1. The normalized spacial score (nSPS) is 16.2. The van der Waals surface area contributed by atoms with Crippen molar-refractivity contribution in [3.63, 3.8) is 0 Å². The van der Waals surface area contributed by atoms with E-state index in [1.165, 1.54) is 4.88 Å². The Hall–Kier alpha value is -2.54. The van der Waals surface area contributed by atoms with Crippen molar-refractivity contribution < 1.29 is 14.3 Å². The van der Waals surface area contributed by atoms with Gasteiger partial charge in [-0.15, -0.1) is 11.3 Å². The third-order valence-electron chi connectivity index (χ3n) is 5.93. The van der Waals surface area contributed by atoms with E-state index >= 15 is 0 Å². The van der Waals surface area contributed by atoms with E-state index in [9.17, 15) is 9.59 Å². The molecule has 32 heavy (non-hydrogen) atoms. The molecule has 0 saturated carbocycles. The van der Waals surface area contributed by atoms with Crippen LogP contribution in [0.25, 0.3) is 0 Å². The van der Waals surface area contributed by atoms with Crippen molar-refractivity contribution in [2.45, 2.75) is 46.1 Å². The summed E-state index contributed by atoms with van der Waals surface area (Å²) in [4.78, 5) is 31.1. The van der Waals surface area contributed by atoms with Crippen LogP contribution < -0.4 is 10.1 Å². The first-order valence-corrected chi connectivity index (χ1v) is 12.5. The molecule has 2 atom stereocenters. The number of thiophene rings is 1. The lowest BCUT2D eigenvalue weighted by Crippen LogP contribution is -2.50. The summed E-state index contributed by atoms with van der Waals surface area (Å²) in [7, 11) is 0.